The number of anilines is 1. The van der Waals surface area contributed by atoms with Crippen molar-refractivity contribution in [2.75, 3.05) is 25.0 Å². The Balaban J connectivity index is 1.41. The Morgan fingerprint density at radius 2 is 1.78 bits per heavy atom. The molecule has 2 aromatic rings. The smallest absolute Gasteiger partial charge is 0.313 e. The van der Waals surface area contributed by atoms with Crippen molar-refractivity contribution in [3.05, 3.63) is 65.2 Å². The normalized spacial score (nSPS) is 13.3. The fourth-order valence-electron chi connectivity index (χ4n) is 3.14. The number of nitrogens with one attached hydrogen (secondary N) is 2. The van der Waals surface area contributed by atoms with Gasteiger partial charge in [-0.05, 0) is 35.2 Å². The molecule has 1 heterocycles. The fraction of sp³-hybridized carbons (Fsp3) is 0.286. The van der Waals surface area contributed by atoms with Crippen LogP contribution in [0.4, 0.5) is 5.69 Å². The molecule has 0 aliphatic carbocycles. The van der Waals surface area contributed by atoms with Crippen molar-refractivity contribution >= 4 is 17.5 Å². The third-order valence-electron chi connectivity index (χ3n) is 4.62. The van der Waals surface area contributed by atoms with Gasteiger partial charge < -0.3 is 10.6 Å². The van der Waals surface area contributed by atoms with Crippen molar-refractivity contribution in [2.45, 2.75) is 19.4 Å². The molecule has 2 N–H and O–H groups in total. The standard InChI is InChI=1S/C21H22N4O2/c22-11-9-16-5-7-19(8-6-16)24-21(27)20(26)23-12-14-25-13-10-17-3-1-2-4-18(17)15-25/h1-8H,9-10,12-15H2,(H,23,26)(H,24,27). The maximum Gasteiger partial charge on any atom is 0.313 e. The van der Waals surface area contributed by atoms with Crippen molar-refractivity contribution in [3.8, 4) is 6.07 Å². The van der Waals surface area contributed by atoms with Crippen LogP contribution in [-0.4, -0.2) is 36.3 Å². The van der Waals surface area contributed by atoms with E-state index in [2.05, 4.69) is 39.8 Å². The highest BCUT2D eigenvalue weighted by Crippen LogP contribution is 2.17. The number of nitriles is 1. The number of benzene rings is 2. The first-order valence-corrected chi connectivity index (χ1v) is 9.00. The monoisotopic (exact) mass is 362 g/mol. The van der Waals surface area contributed by atoms with Crippen LogP contribution in [0.15, 0.2) is 48.5 Å². The molecule has 3 rings (SSSR count). The molecule has 2 amide bonds. The summed E-state index contributed by atoms with van der Waals surface area (Å²) in [6, 6.07) is 17.3. The second-order valence-corrected chi connectivity index (χ2v) is 6.54. The third kappa shape index (κ3) is 5.16. The minimum atomic E-state index is -0.688. The van der Waals surface area contributed by atoms with Gasteiger partial charge in [-0.15, -0.1) is 0 Å². The van der Waals surface area contributed by atoms with E-state index in [0.29, 0.717) is 25.2 Å². The largest absolute Gasteiger partial charge is 0.347 e. The number of hydrogen-bond donors (Lipinski definition) is 2. The molecule has 0 aromatic heterocycles. The third-order valence-corrected chi connectivity index (χ3v) is 4.62. The molecular formula is C21H22N4O2. The molecule has 0 fully saturated rings. The van der Waals surface area contributed by atoms with E-state index in [0.717, 1.165) is 25.1 Å². The Morgan fingerprint density at radius 3 is 2.52 bits per heavy atom. The van der Waals surface area contributed by atoms with Crippen molar-refractivity contribution in [1.82, 2.24) is 10.2 Å². The molecule has 0 unspecified atom stereocenters. The lowest BCUT2D eigenvalue weighted by Gasteiger charge is -2.28. The highest BCUT2D eigenvalue weighted by molar-refractivity contribution is 6.39. The zero-order valence-corrected chi connectivity index (χ0v) is 15.1. The summed E-state index contributed by atoms with van der Waals surface area (Å²) in [5.41, 5.74) is 4.11. The first-order valence-electron chi connectivity index (χ1n) is 9.00. The van der Waals surface area contributed by atoms with Gasteiger partial charge in [0.25, 0.3) is 0 Å². The zero-order valence-electron chi connectivity index (χ0n) is 15.1. The summed E-state index contributed by atoms with van der Waals surface area (Å²) >= 11 is 0. The van der Waals surface area contributed by atoms with Crippen LogP contribution in [0, 0.1) is 11.3 Å². The average molecular weight is 362 g/mol. The van der Waals surface area contributed by atoms with Crippen molar-refractivity contribution in [2.24, 2.45) is 0 Å². The van der Waals surface area contributed by atoms with Crippen LogP contribution in [0.25, 0.3) is 0 Å². The summed E-state index contributed by atoms with van der Waals surface area (Å²) in [5, 5.41) is 13.9. The summed E-state index contributed by atoms with van der Waals surface area (Å²) in [5.74, 6) is -1.33. The predicted molar refractivity (Wildman–Crippen MR) is 103 cm³/mol. The van der Waals surface area contributed by atoms with Gasteiger partial charge in [0.15, 0.2) is 0 Å². The zero-order chi connectivity index (χ0) is 19.1. The Morgan fingerprint density at radius 1 is 1.04 bits per heavy atom. The number of carbonyl (C=O) groups is 2. The summed E-state index contributed by atoms with van der Waals surface area (Å²) < 4.78 is 0. The Hall–Kier alpha value is -3.17. The molecule has 1 aliphatic rings. The van der Waals surface area contributed by atoms with E-state index in [1.54, 1.807) is 24.3 Å². The molecule has 0 saturated carbocycles. The van der Waals surface area contributed by atoms with Gasteiger partial charge in [-0.3, -0.25) is 14.5 Å². The second kappa shape index (κ2) is 8.97. The van der Waals surface area contributed by atoms with Gasteiger partial charge in [-0.2, -0.15) is 5.26 Å². The van der Waals surface area contributed by atoms with Crippen LogP contribution in [0.3, 0.4) is 0 Å². The topological polar surface area (TPSA) is 85.2 Å². The summed E-state index contributed by atoms with van der Waals surface area (Å²) in [4.78, 5) is 26.2. The van der Waals surface area contributed by atoms with Gasteiger partial charge >= 0.3 is 11.8 Å². The highest BCUT2D eigenvalue weighted by atomic mass is 16.2. The molecule has 0 spiro atoms. The maximum atomic E-state index is 12.0. The van der Waals surface area contributed by atoms with Crippen LogP contribution in [0.1, 0.15) is 16.7 Å². The van der Waals surface area contributed by atoms with Gasteiger partial charge in [-0.25, -0.2) is 0 Å². The van der Waals surface area contributed by atoms with E-state index in [1.807, 2.05) is 6.07 Å². The lowest BCUT2D eigenvalue weighted by atomic mass is 10.00. The first-order chi connectivity index (χ1) is 13.2. The molecular weight excluding hydrogens is 340 g/mol. The number of rotatable bonds is 5. The molecule has 0 atom stereocenters. The van der Waals surface area contributed by atoms with Gasteiger partial charge in [-0.1, -0.05) is 36.4 Å². The second-order valence-electron chi connectivity index (χ2n) is 6.54. The Labute approximate surface area is 158 Å². The Bertz CT molecular complexity index is 855. The minimum absolute atomic E-state index is 0.315. The van der Waals surface area contributed by atoms with Gasteiger partial charge in [0, 0.05) is 31.9 Å². The van der Waals surface area contributed by atoms with Crippen LogP contribution in [0.2, 0.25) is 0 Å². The van der Waals surface area contributed by atoms with Crippen LogP contribution < -0.4 is 10.6 Å². The molecule has 27 heavy (non-hydrogen) atoms. The predicted octanol–water partition coefficient (Wildman–Crippen LogP) is 1.87. The van der Waals surface area contributed by atoms with Gasteiger partial charge in [0.2, 0.25) is 0 Å². The van der Waals surface area contributed by atoms with E-state index in [1.165, 1.54) is 11.1 Å². The van der Waals surface area contributed by atoms with Gasteiger partial charge in [0.05, 0.1) is 12.5 Å². The Kier molecular flexibility index (Phi) is 6.18. The summed E-state index contributed by atoms with van der Waals surface area (Å²) in [7, 11) is 0. The number of nitrogens with zero attached hydrogens (tertiary/aromatic N) is 2. The van der Waals surface area contributed by atoms with E-state index in [4.69, 9.17) is 5.26 Å². The van der Waals surface area contributed by atoms with Crippen molar-refractivity contribution < 1.29 is 9.59 Å². The minimum Gasteiger partial charge on any atom is -0.347 e. The summed E-state index contributed by atoms with van der Waals surface area (Å²) in [6.07, 6.45) is 1.32. The van der Waals surface area contributed by atoms with E-state index >= 15 is 0 Å². The lowest BCUT2D eigenvalue weighted by molar-refractivity contribution is -0.136. The first kappa shape index (κ1) is 18.6. The lowest BCUT2D eigenvalue weighted by Crippen LogP contribution is -2.41. The highest BCUT2D eigenvalue weighted by Gasteiger charge is 2.17. The fourth-order valence-corrected chi connectivity index (χ4v) is 3.14. The molecule has 138 valence electrons. The molecule has 0 bridgehead atoms. The molecule has 0 saturated heterocycles. The molecule has 1 aliphatic heterocycles. The van der Waals surface area contributed by atoms with E-state index < -0.39 is 11.8 Å². The number of fused-ring (bicyclic) bond motifs is 1. The number of hydrogen-bond acceptors (Lipinski definition) is 4. The van der Waals surface area contributed by atoms with E-state index in [-0.39, 0.29) is 0 Å². The summed E-state index contributed by atoms with van der Waals surface area (Å²) in [6.45, 7) is 2.95. The van der Waals surface area contributed by atoms with Crippen molar-refractivity contribution in [3.63, 3.8) is 0 Å². The van der Waals surface area contributed by atoms with E-state index in [9.17, 15) is 9.59 Å². The molecule has 2 aromatic carbocycles. The van der Waals surface area contributed by atoms with Crippen LogP contribution in [0.5, 0.6) is 0 Å². The number of carbonyl (C=O) groups excluding carboxylic acids is 2. The quantitative estimate of drug-likeness (QED) is 0.795. The number of amides is 2. The van der Waals surface area contributed by atoms with Crippen LogP contribution in [-0.2, 0) is 29.0 Å². The maximum absolute atomic E-state index is 12.0. The van der Waals surface area contributed by atoms with Gasteiger partial charge in [0.1, 0.15) is 0 Å². The average Bonchev–Trinajstić information content (AvgIpc) is 2.69. The molecule has 0 radical (unpaired) electrons. The SMILES string of the molecule is N#CCc1ccc(NC(=O)C(=O)NCCN2CCc3ccccc3C2)cc1. The van der Waals surface area contributed by atoms with Crippen molar-refractivity contribution in [1.29, 1.82) is 5.26 Å². The van der Waals surface area contributed by atoms with Crippen LogP contribution >= 0.6 is 0 Å². The molecule has 6 heteroatoms. The molecule has 6 nitrogen and oxygen atoms in total.